The van der Waals surface area contributed by atoms with Gasteiger partial charge in [0.15, 0.2) is 5.82 Å². The molecular formula is C46H28N2O. The van der Waals surface area contributed by atoms with Gasteiger partial charge in [-0.05, 0) is 73.8 Å². The Balaban J connectivity index is 1.25. The first kappa shape index (κ1) is 27.5. The van der Waals surface area contributed by atoms with Gasteiger partial charge in [-0.25, -0.2) is 9.97 Å². The summed E-state index contributed by atoms with van der Waals surface area (Å²) >= 11 is 0. The molecule has 3 heteroatoms. The molecule has 10 rings (SSSR count). The number of hydrogen-bond donors (Lipinski definition) is 0. The van der Waals surface area contributed by atoms with Crippen LogP contribution in [0.15, 0.2) is 174 Å². The number of hydrogen-bond acceptors (Lipinski definition) is 3. The maximum Gasteiger partial charge on any atom is 0.160 e. The summed E-state index contributed by atoms with van der Waals surface area (Å²) in [5.74, 6) is 0.709. The molecule has 2 heterocycles. The predicted molar refractivity (Wildman–Crippen MR) is 204 cm³/mol. The minimum Gasteiger partial charge on any atom is -0.456 e. The van der Waals surface area contributed by atoms with E-state index >= 15 is 0 Å². The summed E-state index contributed by atoms with van der Waals surface area (Å²) in [6, 6.07) is 59.7. The summed E-state index contributed by atoms with van der Waals surface area (Å²) in [6.07, 6.45) is 0. The highest BCUT2D eigenvalue weighted by Gasteiger charge is 2.17. The molecule has 0 radical (unpaired) electrons. The highest BCUT2D eigenvalue weighted by atomic mass is 16.3. The number of furan rings is 1. The average Bonchev–Trinajstić information content (AvgIpc) is 3.56. The zero-order chi connectivity index (χ0) is 32.3. The van der Waals surface area contributed by atoms with E-state index in [9.17, 15) is 0 Å². The third kappa shape index (κ3) is 4.51. The van der Waals surface area contributed by atoms with Crippen LogP contribution in [0.4, 0.5) is 0 Å². The Morgan fingerprint density at radius 1 is 0.327 bits per heavy atom. The number of rotatable bonds is 4. The SMILES string of the molecule is c1ccc(-c2cc(-c3ccc4c5ccccc5c5cccc(-c6ccc7c(c6)oc6ccccc67)c5c4c3)nc(-c3ccccc3)n2)cc1. The summed E-state index contributed by atoms with van der Waals surface area (Å²) in [4.78, 5) is 10.2. The molecule has 0 bridgehead atoms. The fourth-order valence-electron chi connectivity index (χ4n) is 7.37. The fraction of sp³-hybridized carbons (Fsp3) is 0. The molecule has 0 saturated heterocycles. The van der Waals surface area contributed by atoms with E-state index in [1.54, 1.807) is 0 Å². The summed E-state index contributed by atoms with van der Waals surface area (Å²) in [5, 5.41) is 9.58. The van der Waals surface area contributed by atoms with E-state index < -0.39 is 0 Å². The van der Waals surface area contributed by atoms with Crippen LogP contribution >= 0.6 is 0 Å². The summed E-state index contributed by atoms with van der Waals surface area (Å²) < 4.78 is 6.34. The van der Waals surface area contributed by atoms with E-state index in [1.807, 2.05) is 36.4 Å². The molecule has 0 N–H and O–H groups in total. The van der Waals surface area contributed by atoms with Gasteiger partial charge in [-0.2, -0.15) is 0 Å². The van der Waals surface area contributed by atoms with Gasteiger partial charge in [0.2, 0.25) is 0 Å². The molecule has 0 aliphatic carbocycles. The number of benzene rings is 8. The summed E-state index contributed by atoms with van der Waals surface area (Å²) in [6.45, 7) is 0. The van der Waals surface area contributed by atoms with Crippen LogP contribution in [-0.4, -0.2) is 9.97 Å². The van der Waals surface area contributed by atoms with Crippen molar-refractivity contribution in [3.05, 3.63) is 170 Å². The van der Waals surface area contributed by atoms with Gasteiger partial charge in [-0.15, -0.1) is 0 Å². The topological polar surface area (TPSA) is 38.9 Å². The van der Waals surface area contributed by atoms with Crippen molar-refractivity contribution < 1.29 is 4.42 Å². The van der Waals surface area contributed by atoms with Crippen LogP contribution in [0, 0.1) is 0 Å². The highest BCUT2D eigenvalue weighted by molar-refractivity contribution is 6.29. The molecule has 0 amide bonds. The molecule has 228 valence electrons. The van der Waals surface area contributed by atoms with Crippen LogP contribution in [0.25, 0.3) is 99.3 Å². The van der Waals surface area contributed by atoms with Gasteiger partial charge in [0.05, 0.1) is 11.4 Å². The van der Waals surface area contributed by atoms with E-state index in [0.717, 1.165) is 55.6 Å². The predicted octanol–water partition coefficient (Wildman–Crippen LogP) is 12.5. The van der Waals surface area contributed by atoms with Crippen molar-refractivity contribution >= 4 is 54.3 Å². The van der Waals surface area contributed by atoms with Crippen LogP contribution < -0.4 is 0 Å². The highest BCUT2D eigenvalue weighted by Crippen LogP contribution is 2.43. The standard InChI is InChI=1S/C46H28N2O/c1-3-12-29(13-4-1)41-28-42(48-46(47-41)30-14-5-2-6-15-30)32-23-24-36-34-16-7-8-17-35(34)39-20-11-19-33(45(39)40(36)26-32)31-22-25-38-37-18-9-10-21-43(37)49-44(38)27-31/h1-28H. The van der Waals surface area contributed by atoms with Crippen LogP contribution in [-0.2, 0) is 0 Å². The third-order valence-corrected chi connectivity index (χ3v) is 9.67. The molecule has 8 aromatic carbocycles. The van der Waals surface area contributed by atoms with Crippen molar-refractivity contribution in [2.24, 2.45) is 0 Å². The second-order valence-electron chi connectivity index (χ2n) is 12.5. The van der Waals surface area contributed by atoms with Gasteiger partial charge >= 0.3 is 0 Å². The van der Waals surface area contributed by atoms with Gasteiger partial charge in [-0.1, -0.05) is 140 Å². The average molecular weight is 625 g/mol. The number of fused-ring (bicyclic) bond motifs is 9. The Morgan fingerprint density at radius 2 is 0.898 bits per heavy atom. The van der Waals surface area contributed by atoms with Crippen molar-refractivity contribution in [3.63, 3.8) is 0 Å². The van der Waals surface area contributed by atoms with Crippen molar-refractivity contribution in [2.75, 3.05) is 0 Å². The van der Waals surface area contributed by atoms with Crippen molar-refractivity contribution in [3.8, 4) is 45.0 Å². The van der Waals surface area contributed by atoms with Crippen LogP contribution in [0.2, 0.25) is 0 Å². The maximum atomic E-state index is 6.34. The van der Waals surface area contributed by atoms with Crippen LogP contribution in [0.3, 0.4) is 0 Å². The molecule has 10 aromatic rings. The Morgan fingerprint density at radius 3 is 1.69 bits per heavy atom. The largest absolute Gasteiger partial charge is 0.456 e. The first-order valence-corrected chi connectivity index (χ1v) is 16.6. The zero-order valence-corrected chi connectivity index (χ0v) is 26.5. The first-order valence-electron chi connectivity index (χ1n) is 16.6. The molecule has 0 fully saturated rings. The second-order valence-corrected chi connectivity index (χ2v) is 12.5. The lowest BCUT2D eigenvalue weighted by Crippen LogP contribution is -1.96. The zero-order valence-electron chi connectivity index (χ0n) is 26.5. The van der Waals surface area contributed by atoms with E-state index in [4.69, 9.17) is 14.4 Å². The molecule has 0 atom stereocenters. The lowest BCUT2D eigenvalue weighted by Gasteiger charge is -2.16. The normalized spacial score (nSPS) is 11.7. The maximum absolute atomic E-state index is 6.34. The van der Waals surface area contributed by atoms with Crippen LogP contribution in [0.1, 0.15) is 0 Å². The molecule has 0 aliphatic heterocycles. The molecule has 0 unspecified atom stereocenters. The van der Waals surface area contributed by atoms with Crippen molar-refractivity contribution in [2.45, 2.75) is 0 Å². The molecular weight excluding hydrogens is 597 g/mol. The van der Waals surface area contributed by atoms with Gasteiger partial charge in [-0.3, -0.25) is 0 Å². The molecule has 2 aromatic heterocycles. The van der Waals surface area contributed by atoms with Gasteiger partial charge in [0.25, 0.3) is 0 Å². The minimum atomic E-state index is 0.709. The lowest BCUT2D eigenvalue weighted by molar-refractivity contribution is 0.669. The quantitative estimate of drug-likeness (QED) is 0.183. The molecule has 0 aliphatic rings. The van der Waals surface area contributed by atoms with Gasteiger partial charge in [0.1, 0.15) is 11.2 Å². The van der Waals surface area contributed by atoms with E-state index in [-0.39, 0.29) is 0 Å². The number of para-hydroxylation sites is 1. The monoisotopic (exact) mass is 624 g/mol. The van der Waals surface area contributed by atoms with E-state index in [1.165, 1.54) is 37.9 Å². The Kier molecular flexibility index (Phi) is 6.18. The van der Waals surface area contributed by atoms with Gasteiger partial charge < -0.3 is 4.42 Å². The Bertz CT molecular complexity index is 2810. The second kappa shape index (κ2) is 11.0. The molecule has 49 heavy (non-hydrogen) atoms. The lowest BCUT2D eigenvalue weighted by atomic mass is 9.88. The van der Waals surface area contributed by atoms with E-state index in [0.29, 0.717) is 5.82 Å². The van der Waals surface area contributed by atoms with Crippen molar-refractivity contribution in [1.29, 1.82) is 0 Å². The Labute approximate surface area is 282 Å². The molecule has 0 saturated carbocycles. The third-order valence-electron chi connectivity index (χ3n) is 9.67. The van der Waals surface area contributed by atoms with Gasteiger partial charge in [0, 0.05) is 27.5 Å². The molecule has 0 spiro atoms. The Hall–Kier alpha value is -6.58. The van der Waals surface area contributed by atoms with Crippen molar-refractivity contribution in [1.82, 2.24) is 9.97 Å². The van der Waals surface area contributed by atoms with Crippen LogP contribution in [0.5, 0.6) is 0 Å². The first-order chi connectivity index (χ1) is 24.3. The minimum absolute atomic E-state index is 0.709. The fourth-order valence-corrected chi connectivity index (χ4v) is 7.37. The molecule has 3 nitrogen and oxygen atoms in total. The smallest absolute Gasteiger partial charge is 0.160 e. The number of aromatic nitrogens is 2. The summed E-state index contributed by atoms with van der Waals surface area (Å²) in [5.41, 5.74) is 8.97. The summed E-state index contributed by atoms with van der Waals surface area (Å²) in [7, 11) is 0. The number of nitrogens with zero attached hydrogens (tertiary/aromatic N) is 2. The van der Waals surface area contributed by atoms with E-state index in [2.05, 4.69) is 133 Å².